The van der Waals surface area contributed by atoms with Gasteiger partial charge in [-0.1, -0.05) is 13.8 Å². The van der Waals surface area contributed by atoms with E-state index >= 15 is 0 Å². The lowest BCUT2D eigenvalue weighted by atomic mass is 9.92. The van der Waals surface area contributed by atoms with Gasteiger partial charge in [0.2, 0.25) is 0 Å². The fourth-order valence-electron chi connectivity index (χ4n) is 2.84. The number of nitrogens with one attached hydrogen (secondary N) is 1. The lowest BCUT2D eigenvalue weighted by Gasteiger charge is -2.48. The first-order valence-corrected chi connectivity index (χ1v) is 8.88. The summed E-state index contributed by atoms with van der Waals surface area (Å²) in [4.78, 5) is 2.50. The predicted octanol–water partition coefficient (Wildman–Crippen LogP) is 4.43. The van der Waals surface area contributed by atoms with E-state index in [0.29, 0.717) is 12.0 Å². The van der Waals surface area contributed by atoms with Gasteiger partial charge < -0.3 is 15.0 Å². The Hall–Kier alpha value is -0.260. The summed E-state index contributed by atoms with van der Waals surface area (Å²) in [6.07, 6.45) is 0. The van der Waals surface area contributed by atoms with Crippen molar-refractivity contribution in [2.45, 2.75) is 39.3 Å². The van der Waals surface area contributed by atoms with Crippen LogP contribution in [0.15, 0.2) is 21.1 Å². The molecule has 1 N–H and O–H groups in total. The molecule has 1 saturated heterocycles. The Morgan fingerprint density at radius 3 is 2.52 bits per heavy atom. The van der Waals surface area contributed by atoms with E-state index in [0.717, 1.165) is 27.8 Å². The summed E-state index contributed by atoms with van der Waals surface area (Å²) in [5.74, 6) is 1.45. The zero-order valence-electron chi connectivity index (χ0n) is 13.3. The van der Waals surface area contributed by atoms with Crippen LogP contribution in [0.5, 0.6) is 5.75 Å². The van der Waals surface area contributed by atoms with Crippen molar-refractivity contribution in [2.75, 3.05) is 25.1 Å². The number of nitrogens with zero attached hydrogens (tertiary/aromatic N) is 1. The largest absolute Gasteiger partial charge is 0.495 e. The lowest BCUT2D eigenvalue weighted by Crippen LogP contribution is -2.63. The van der Waals surface area contributed by atoms with Gasteiger partial charge in [-0.05, 0) is 57.7 Å². The number of rotatable bonds is 3. The highest BCUT2D eigenvalue weighted by Crippen LogP contribution is 2.39. The van der Waals surface area contributed by atoms with Crippen molar-refractivity contribution in [1.29, 1.82) is 0 Å². The van der Waals surface area contributed by atoms with Crippen molar-refractivity contribution >= 4 is 37.5 Å². The Kier molecular flexibility index (Phi) is 5.27. The summed E-state index contributed by atoms with van der Waals surface area (Å²) in [7, 11) is 1.71. The SMILES string of the molecule is COc1cc(N2CC(C)(C)NCC2C(C)C)c(Br)cc1Br. The molecule has 0 aromatic heterocycles. The number of ether oxygens (including phenoxy) is 1. The number of halogens is 2. The first-order chi connectivity index (χ1) is 9.75. The molecule has 1 heterocycles. The van der Waals surface area contributed by atoms with Crippen LogP contribution in [0, 0.1) is 5.92 Å². The standard InChI is InChI=1S/C16H24Br2N2O/c1-10(2)14-8-19-16(3,4)9-20(14)13-7-15(21-5)12(18)6-11(13)17/h6-7,10,14,19H,8-9H2,1-5H3. The van der Waals surface area contributed by atoms with Gasteiger partial charge in [-0.25, -0.2) is 0 Å². The maximum Gasteiger partial charge on any atom is 0.135 e. The quantitative estimate of drug-likeness (QED) is 0.783. The monoisotopic (exact) mass is 418 g/mol. The number of anilines is 1. The van der Waals surface area contributed by atoms with Crippen molar-refractivity contribution in [2.24, 2.45) is 5.92 Å². The highest BCUT2D eigenvalue weighted by molar-refractivity contribution is 9.11. The average Bonchev–Trinajstić information content (AvgIpc) is 2.37. The summed E-state index contributed by atoms with van der Waals surface area (Å²) < 4.78 is 7.53. The van der Waals surface area contributed by atoms with Crippen molar-refractivity contribution < 1.29 is 4.74 Å². The van der Waals surface area contributed by atoms with Gasteiger partial charge in [-0.2, -0.15) is 0 Å². The van der Waals surface area contributed by atoms with Crippen LogP contribution in [-0.2, 0) is 0 Å². The van der Waals surface area contributed by atoms with Crippen LogP contribution in [0.2, 0.25) is 0 Å². The maximum atomic E-state index is 5.47. The third-order valence-corrected chi connectivity index (χ3v) is 5.31. The van der Waals surface area contributed by atoms with E-state index in [4.69, 9.17) is 4.74 Å². The van der Waals surface area contributed by atoms with Gasteiger partial charge >= 0.3 is 0 Å². The number of piperazine rings is 1. The number of benzene rings is 1. The van der Waals surface area contributed by atoms with Gasteiger partial charge in [-0.15, -0.1) is 0 Å². The first-order valence-electron chi connectivity index (χ1n) is 7.30. The second kappa shape index (κ2) is 6.47. The molecule has 118 valence electrons. The molecule has 1 aromatic rings. The van der Waals surface area contributed by atoms with E-state index in [2.05, 4.69) is 81.9 Å². The van der Waals surface area contributed by atoms with E-state index in [-0.39, 0.29) is 5.54 Å². The summed E-state index contributed by atoms with van der Waals surface area (Å²) in [5.41, 5.74) is 1.30. The van der Waals surface area contributed by atoms with Crippen molar-refractivity contribution in [3.8, 4) is 5.75 Å². The molecule has 1 aliphatic rings. The third kappa shape index (κ3) is 3.74. The van der Waals surface area contributed by atoms with Crippen LogP contribution in [0.1, 0.15) is 27.7 Å². The minimum atomic E-state index is 0.102. The minimum absolute atomic E-state index is 0.102. The number of hydrogen-bond acceptors (Lipinski definition) is 3. The molecule has 5 heteroatoms. The highest BCUT2D eigenvalue weighted by atomic mass is 79.9. The molecule has 1 atom stereocenters. The topological polar surface area (TPSA) is 24.5 Å². The summed E-state index contributed by atoms with van der Waals surface area (Å²) in [6, 6.07) is 4.66. The van der Waals surface area contributed by atoms with E-state index < -0.39 is 0 Å². The van der Waals surface area contributed by atoms with Crippen LogP contribution >= 0.6 is 31.9 Å². The Bertz CT molecular complexity index is 517. The molecule has 2 rings (SSSR count). The fourth-order valence-corrected chi connectivity index (χ4v) is 4.23. The third-order valence-electron chi connectivity index (χ3n) is 4.06. The van der Waals surface area contributed by atoms with Crippen molar-refractivity contribution in [3.63, 3.8) is 0 Å². The molecule has 1 aliphatic heterocycles. The van der Waals surface area contributed by atoms with Crippen LogP contribution in [0.3, 0.4) is 0 Å². The predicted molar refractivity (Wildman–Crippen MR) is 96.4 cm³/mol. The second-order valence-corrected chi connectivity index (χ2v) is 8.35. The normalized spacial score (nSPS) is 21.7. The van der Waals surface area contributed by atoms with Crippen LogP contribution in [0.25, 0.3) is 0 Å². The molecule has 0 radical (unpaired) electrons. The zero-order chi connectivity index (χ0) is 15.8. The molecule has 1 fully saturated rings. The van der Waals surface area contributed by atoms with Gasteiger partial charge in [0.25, 0.3) is 0 Å². The zero-order valence-corrected chi connectivity index (χ0v) is 16.5. The fraction of sp³-hybridized carbons (Fsp3) is 0.625. The van der Waals surface area contributed by atoms with E-state index in [9.17, 15) is 0 Å². The Morgan fingerprint density at radius 1 is 1.29 bits per heavy atom. The highest BCUT2D eigenvalue weighted by Gasteiger charge is 2.35. The molecule has 0 bridgehead atoms. The lowest BCUT2D eigenvalue weighted by molar-refractivity contribution is 0.276. The van der Waals surface area contributed by atoms with Gasteiger partial charge in [0.05, 0.1) is 17.3 Å². The molecule has 21 heavy (non-hydrogen) atoms. The molecule has 0 saturated carbocycles. The second-order valence-electron chi connectivity index (χ2n) is 6.64. The molecule has 0 aliphatic carbocycles. The number of methoxy groups -OCH3 is 1. The van der Waals surface area contributed by atoms with Crippen LogP contribution < -0.4 is 15.0 Å². The summed E-state index contributed by atoms with van der Waals surface area (Å²) >= 11 is 7.26. The van der Waals surface area contributed by atoms with Gasteiger partial charge in [-0.3, -0.25) is 0 Å². The van der Waals surface area contributed by atoms with Gasteiger partial charge in [0, 0.05) is 35.2 Å². The van der Waals surface area contributed by atoms with Crippen molar-refractivity contribution in [3.05, 3.63) is 21.1 Å². The van der Waals surface area contributed by atoms with E-state index in [1.165, 1.54) is 5.69 Å². The molecule has 1 unspecified atom stereocenters. The van der Waals surface area contributed by atoms with Gasteiger partial charge in [0.15, 0.2) is 0 Å². The minimum Gasteiger partial charge on any atom is -0.495 e. The molecular formula is C16H24Br2N2O. The Labute approximate surface area is 144 Å². The first kappa shape index (κ1) is 17.1. The van der Waals surface area contributed by atoms with Crippen LogP contribution in [0.4, 0.5) is 5.69 Å². The summed E-state index contributed by atoms with van der Waals surface area (Å²) in [5, 5.41) is 3.65. The van der Waals surface area contributed by atoms with E-state index in [1.807, 2.05) is 0 Å². The Morgan fingerprint density at radius 2 is 1.95 bits per heavy atom. The molecule has 0 spiro atoms. The molecule has 1 aromatic carbocycles. The van der Waals surface area contributed by atoms with Gasteiger partial charge in [0.1, 0.15) is 5.75 Å². The number of hydrogen-bond donors (Lipinski definition) is 1. The average molecular weight is 420 g/mol. The molecule has 3 nitrogen and oxygen atoms in total. The smallest absolute Gasteiger partial charge is 0.135 e. The molecular weight excluding hydrogens is 396 g/mol. The van der Waals surface area contributed by atoms with Crippen molar-refractivity contribution in [1.82, 2.24) is 5.32 Å². The maximum absolute atomic E-state index is 5.47. The van der Waals surface area contributed by atoms with Crippen LogP contribution in [-0.4, -0.2) is 31.8 Å². The Balaban J connectivity index is 2.44. The van der Waals surface area contributed by atoms with E-state index in [1.54, 1.807) is 7.11 Å². The summed E-state index contributed by atoms with van der Waals surface area (Å²) in [6.45, 7) is 11.0. The molecule has 0 amide bonds.